The Balaban J connectivity index is 2.29. The lowest BCUT2D eigenvalue weighted by Gasteiger charge is -2.36. The fraction of sp³-hybridized carbons (Fsp3) is 1.00. The van der Waals surface area contributed by atoms with E-state index in [0.717, 1.165) is 25.9 Å². The van der Waals surface area contributed by atoms with Gasteiger partial charge in [-0.15, -0.1) is 0 Å². The number of piperidine rings is 1. The van der Waals surface area contributed by atoms with Crippen LogP contribution in [0.25, 0.3) is 0 Å². The number of nitrogens with one attached hydrogen (secondary N) is 1. The molecule has 0 unspecified atom stereocenters. The number of rotatable bonds is 5. The number of hydrogen-bond donors (Lipinski definition) is 2. The molecule has 1 aliphatic rings. The highest BCUT2D eigenvalue weighted by Gasteiger charge is 2.30. The molecule has 2 N–H and O–H groups in total. The molecule has 0 atom stereocenters. The molecule has 0 amide bonds. The lowest BCUT2D eigenvalue weighted by molar-refractivity contribution is 0.0776. The zero-order chi connectivity index (χ0) is 9.57. The summed E-state index contributed by atoms with van der Waals surface area (Å²) in [5.41, 5.74) is 0.264. The van der Waals surface area contributed by atoms with E-state index in [4.69, 9.17) is 0 Å². The van der Waals surface area contributed by atoms with Crippen molar-refractivity contribution in [2.75, 3.05) is 19.7 Å². The summed E-state index contributed by atoms with van der Waals surface area (Å²) in [4.78, 5) is 0. The normalized spacial score (nSPS) is 21.7. The van der Waals surface area contributed by atoms with Crippen LogP contribution in [0.1, 0.15) is 45.4 Å². The van der Waals surface area contributed by atoms with Gasteiger partial charge in [0.05, 0.1) is 0 Å². The minimum absolute atomic E-state index is 0.264. The zero-order valence-corrected chi connectivity index (χ0v) is 8.81. The monoisotopic (exact) mass is 185 g/mol. The molecule has 1 heterocycles. The average Bonchev–Trinajstić information content (AvgIpc) is 2.20. The predicted octanol–water partition coefficient (Wildman–Crippen LogP) is 1.93. The first-order valence-corrected chi connectivity index (χ1v) is 5.64. The van der Waals surface area contributed by atoms with Crippen LogP contribution in [0.3, 0.4) is 0 Å². The molecule has 0 spiro atoms. The highest BCUT2D eigenvalue weighted by Crippen LogP contribution is 2.33. The molecule has 0 saturated carbocycles. The van der Waals surface area contributed by atoms with Gasteiger partial charge < -0.3 is 10.4 Å². The predicted molar refractivity (Wildman–Crippen MR) is 55.8 cm³/mol. The zero-order valence-electron chi connectivity index (χ0n) is 8.81. The van der Waals surface area contributed by atoms with Gasteiger partial charge in [-0.2, -0.15) is 0 Å². The Hall–Kier alpha value is -0.0800. The minimum Gasteiger partial charge on any atom is -0.396 e. The van der Waals surface area contributed by atoms with E-state index in [1.165, 1.54) is 25.7 Å². The summed E-state index contributed by atoms with van der Waals surface area (Å²) in [7, 11) is 0. The summed E-state index contributed by atoms with van der Waals surface area (Å²) >= 11 is 0. The van der Waals surface area contributed by atoms with Crippen molar-refractivity contribution < 1.29 is 5.11 Å². The van der Waals surface area contributed by atoms with E-state index in [0.29, 0.717) is 6.61 Å². The van der Waals surface area contributed by atoms with Crippen molar-refractivity contribution in [2.24, 2.45) is 5.41 Å². The Labute approximate surface area is 81.7 Å². The molecule has 1 saturated heterocycles. The average molecular weight is 185 g/mol. The molecule has 0 aliphatic carbocycles. The van der Waals surface area contributed by atoms with E-state index in [9.17, 15) is 5.11 Å². The van der Waals surface area contributed by atoms with Gasteiger partial charge in [0.2, 0.25) is 0 Å². The number of aliphatic hydroxyl groups excluding tert-OH is 1. The van der Waals surface area contributed by atoms with Crippen molar-refractivity contribution in [3.63, 3.8) is 0 Å². The van der Waals surface area contributed by atoms with Gasteiger partial charge in [0.15, 0.2) is 0 Å². The Morgan fingerprint density at radius 1 is 1.23 bits per heavy atom. The van der Waals surface area contributed by atoms with Gasteiger partial charge >= 0.3 is 0 Å². The maximum absolute atomic E-state index is 9.41. The Morgan fingerprint density at radius 2 is 1.92 bits per heavy atom. The summed E-state index contributed by atoms with van der Waals surface area (Å²) in [6.07, 6.45) is 7.42. The van der Waals surface area contributed by atoms with E-state index in [-0.39, 0.29) is 5.41 Å². The fourth-order valence-electron chi connectivity index (χ4n) is 2.19. The molecule has 0 aromatic rings. The standard InChI is InChI=1S/C11H23NO/c1-2-3-4-5-11(10-13)6-8-12-9-7-11/h12-13H,2-10H2,1H3. The van der Waals surface area contributed by atoms with Crippen molar-refractivity contribution in [1.29, 1.82) is 0 Å². The summed E-state index contributed by atoms with van der Waals surface area (Å²) in [6.45, 7) is 4.80. The smallest absolute Gasteiger partial charge is 0.0488 e. The van der Waals surface area contributed by atoms with Crippen molar-refractivity contribution in [2.45, 2.75) is 45.4 Å². The Kier molecular flexibility index (Phi) is 4.74. The van der Waals surface area contributed by atoms with Crippen molar-refractivity contribution in [1.82, 2.24) is 5.32 Å². The van der Waals surface area contributed by atoms with Gasteiger partial charge in [-0.1, -0.05) is 26.2 Å². The third-order valence-corrected chi connectivity index (χ3v) is 3.31. The molecule has 1 aliphatic heterocycles. The van der Waals surface area contributed by atoms with Crippen LogP contribution in [0.5, 0.6) is 0 Å². The van der Waals surface area contributed by atoms with E-state index < -0.39 is 0 Å². The van der Waals surface area contributed by atoms with Gasteiger partial charge in [-0.3, -0.25) is 0 Å². The largest absolute Gasteiger partial charge is 0.396 e. The van der Waals surface area contributed by atoms with E-state index in [2.05, 4.69) is 12.2 Å². The van der Waals surface area contributed by atoms with Crippen LogP contribution in [-0.2, 0) is 0 Å². The molecular formula is C11H23NO. The molecule has 0 aromatic heterocycles. The van der Waals surface area contributed by atoms with Crippen LogP contribution in [-0.4, -0.2) is 24.8 Å². The third kappa shape index (κ3) is 3.28. The summed E-state index contributed by atoms with van der Waals surface area (Å²) in [6, 6.07) is 0. The lowest BCUT2D eigenvalue weighted by atomic mass is 9.75. The van der Waals surface area contributed by atoms with Crippen LogP contribution in [0.15, 0.2) is 0 Å². The van der Waals surface area contributed by atoms with Crippen LogP contribution in [0, 0.1) is 5.41 Å². The highest BCUT2D eigenvalue weighted by molar-refractivity contribution is 4.83. The van der Waals surface area contributed by atoms with Gasteiger partial charge in [-0.05, 0) is 37.8 Å². The third-order valence-electron chi connectivity index (χ3n) is 3.31. The maximum Gasteiger partial charge on any atom is 0.0488 e. The SMILES string of the molecule is CCCCCC1(CO)CCNCC1. The van der Waals surface area contributed by atoms with E-state index in [1.807, 2.05) is 0 Å². The second-order valence-electron chi connectivity index (χ2n) is 4.37. The molecule has 0 bridgehead atoms. The highest BCUT2D eigenvalue weighted by atomic mass is 16.3. The molecule has 1 rings (SSSR count). The van der Waals surface area contributed by atoms with Crippen LogP contribution >= 0.6 is 0 Å². The van der Waals surface area contributed by atoms with E-state index in [1.54, 1.807) is 0 Å². The summed E-state index contributed by atoms with van der Waals surface area (Å²) in [5, 5.41) is 12.8. The maximum atomic E-state index is 9.41. The molecule has 0 radical (unpaired) electrons. The van der Waals surface area contributed by atoms with E-state index >= 15 is 0 Å². The second kappa shape index (κ2) is 5.61. The molecule has 2 heteroatoms. The number of unbranched alkanes of at least 4 members (excludes halogenated alkanes) is 2. The van der Waals surface area contributed by atoms with Gasteiger partial charge in [0.1, 0.15) is 0 Å². The van der Waals surface area contributed by atoms with Crippen LogP contribution in [0.4, 0.5) is 0 Å². The molecule has 0 aromatic carbocycles. The summed E-state index contributed by atoms with van der Waals surface area (Å²) < 4.78 is 0. The first-order chi connectivity index (χ1) is 6.33. The van der Waals surface area contributed by atoms with Gasteiger partial charge in [-0.25, -0.2) is 0 Å². The van der Waals surface area contributed by atoms with Crippen molar-refractivity contribution in [3.05, 3.63) is 0 Å². The molecule has 13 heavy (non-hydrogen) atoms. The minimum atomic E-state index is 0.264. The van der Waals surface area contributed by atoms with Crippen LogP contribution < -0.4 is 5.32 Å². The molecular weight excluding hydrogens is 162 g/mol. The fourth-order valence-corrected chi connectivity index (χ4v) is 2.19. The van der Waals surface area contributed by atoms with Crippen molar-refractivity contribution in [3.8, 4) is 0 Å². The molecule has 1 fully saturated rings. The van der Waals surface area contributed by atoms with Gasteiger partial charge in [0.25, 0.3) is 0 Å². The number of hydrogen-bond acceptors (Lipinski definition) is 2. The molecule has 2 nitrogen and oxygen atoms in total. The van der Waals surface area contributed by atoms with Gasteiger partial charge in [0, 0.05) is 6.61 Å². The Bertz CT molecular complexity index is 130. The number of aliphatic hydroxyl groups is 1. The Morgan fingerprint density at radius 3 is 2.46 bits per heavy atom. The molecule has 78 valence electrons. The van der Waals surface area contributed by atoms with Crippen LogP contribution in [0.2, 0.25) is 0 Å². The topological polar surface area (TPSA) is 32.3 Å². The van der Waals surface area contributed by atoms with Crippen molar-refractivity contribution >= 4 is 0 Å². The second-order valence-corrected chi connectivity index (χ2v) is 4.37. The quantitative estimate of drug-likeness (QED) is 0.641. The first-order valence-electron chi connectivity index (χ1n) is 5.64. The summed E-state index contributed by atoms with van der Waals surface area (Å²) in [5.74, 6) is 0. The lowest BCUT2D eigenvalue weighted by Crippen LogP contribution is -2.39. The first kappa shape index (κ1) is 11.0.